The number of hydrogen-bond acceptors (Lipinski definition) is 1. The molecular formula is C8H9BrMgO. The normalized spacial score (nSPS) is 9.00. The van der Waals surface area contributed by atoms with Gasteiger partial charge in [-0.15, -0.1) is 3.69 Å². The molecule has 3 heteroatoms. The van der Waals surface area contributed by atoms with E-state index in [0.29, 0.717) is 0 Å². The smallest absolute Gasteiger partial charge is 0.499 e. The first-order valence-electron chi connectivity index (χ1n) is 3.48. The molecule has 1 rings (SSSR count). The molecule has 0 aliphatic rings. The van der Waals surface area contributed by atoms with Gasteiger partial charge in [0.25, 0.3) is 0 Å². The van der Waals surface area contributed by atoms with Crippen molar-refractivity contribution >= 4 is 34.8 Å². The molecule has 0 aliphatic heterocycles. The SMILES string of the molecule is COc1cccc(C)[c]1[Mg][Br]. The largest absolute Gasteiger partial charge is 0.513 e. The van der Waals surface area contributed by atoms with Gasteiger partial charge in [-0.05, 0) is 13.0 Å². The summed E-state index contributed by atoms with van der Waals surface area (Å²) in [6.07, 6.45) is 0. The van der Waals surface area contributed by atoms with E-state index >= 15 is 0 Å². The molecule has 1 aromatic carbocycles. The number of rotatable bonds is 2. The van der Waals surface area contributed by atoms with Crippen LogP contribution >= 0.6 is 12.9 Å². The zero-order chi connectivity index (χ0) is 8.27. The number of hydrogen-bond donors (Lipinski definition) is 0. The summed E-state index contributed by atoms with van der Waals surface area (Å²) in [6.45, 7) is 2.12. The third-order valence-electron chi connectivity index (χ3n) is 1.72. The fourth-order valence-corrected chi connectivity index (χ4v) is 3.92. The molecule has 1 nitrogen and oxygen atoms in total. The van der Waals surface area contributed by atoms with Crippen LogP contribution in [0.4, 0.5) is 0 Å². The van der Waals surface area contributed by atoms with Crippen LogP contribution in [-0.4, -0.2) is 25.3 Å². The van der Waals surface area contributed by atoms with E-state index in [-0.39, 0.29) is 18.2 Å². The first-order valence-corrected chi connectivity index (χ1v) is 8.08. The van der Waals surface area contributed by atoms with Crippen molar-refractivity contribution in [3.8, 4) is 5.75 Å². The summed E-state index contributed by atoms with van der Waals surface area (Å²) < 4.78 is 6.59. The number of methoxy groups -OCH3 is 1. The van der Waals surface area contributed by atoms with Gasteiger partial charge >= 0.3 is 18.2 Å². The highest BCUT2D eigenvalue weighted by atomic mass is 79.9. The van der Waals surface area contributed by atoms with Crippen LogP contribution in [0.2, 0.25) is 0 Å². The molecule has 11 heavy (non-hydrogen) atoms. The Balaban J connectivity index is 3.13. The van der Waals surface area contributed by atoms with Crippen LogP contribution in [0, 0.1) is 6.92 Å². The summed E-state index contributed by atoms with van der Waals surface area (Å²) in [4.78, 5) is 0. The zero-order valence-electron chi connectivity index (χ0n) is 6.73. The van der Waals surface area contributed by atoms with E-state index in [4.69, 9.17) is 4.74 Å². The summed E-state index contributed by atoms with van der Waals surface area (Å²) in [5.74, 6) is 1.02. The minimum absolute atomic E-state index is 0.290. The van der Waals surface area contributed by atoms with Crippen LogP contribution in [0.1, 0.15) is 5.56 Å². The molecule has 0 heterocycles. The fourth-order valence-electron chi connectivity index (χ4n) is 1.04. The second-order valence-corrected chi connectivity index (χ2v) is 5.05. The zero-order valence-corrected chi connectivity index (χ0v) is 9.73. The summed E-state index contributed by atoms with van der Waals surface area (Å²) >= 11 is 3.27. The van der Waals surface area contributed by atoms with Gasteiger partial charge in [-0.2, -0.15) is 0 Å². The van der Waals surface area contributed by atoms with Gasteiger partial charge < -0.3 is 4.74 Å². The van der Waals surface area contributed by atoms with Gasteiger partial charge in [0.15, 0.2) is 0 Å². The number of ether oxygens (including phenoxy) is 1. The monoisotopic (exact) mass is 224 g/mol. The van der Waals surface area contributed by atoms with E-state index in [1.807, 2.05) is 12.1 Å². The number of benzene rings is 1. The van der Waals surface area contributed by atoms with Crippen molar-refractivity contribution < 1.29 is 4.74 Å². The lowest BCUT2D eigenvalue weighted by Gasteiger charge is -2.08. The van der Waals surface area contributed by atoms with Crippen LogP contribution < -0.4 is 8.43 Å². The Labute approximate surface area is 82.7 Å². The predicted molar refractivity (Wildman–Crippen MR) is 52.0 cm³/mol. The van der Waals surface area contributed by atoms with E-state index < -0.39 is 0 Å². The summed E-state index contributed by atoms with van der Waals surface area (Å²) in [5.41, 5.74) is 1.33. The second-order valence-electron chi connectivity index (χ2n) is 2.39. The first kappa shape index (κ1) is 9.35. The van der Waals surface area contributed by atoms with Gasteiger partial charge in [0.2, 0.25) is 0 Å². The highest BCUT2D eigenvalue weighted by Gasteiger charge is 2.05. The van der Waals surface area contributed by atoms with Crippen LogP contribution in [0.25, 0.3) is 0 Å². The van der Waals surface area contributed by atoms with E-state index in [1.54, 1.807) is 7.11 Å². The Morgan fingerprint density at radius 3 is 2.64 bits per heavy atom. The number of aryl methyl sites for hydroxylation is 1. The summed E-state index contributed by atoms with van der Waals surface area (Å²) in [6, 6.07) is 6.15. The van der Waals surface area contributed by atoms with E-state index in [1.165, 1.54) is 9.26 Å². The van der Waals surface area contributed by atoms with Gasteiger partial charge in [0.1, 0.15) is 0 Å². The maximum Gasteiger partial charge on any atom is 0.513 e. The molecule has 0 saturated carbocycles. The van der Waals surface area contributed by atoms with Crippen molar-refractivity contribution in [2.24, 2.45) is 0 Å². The van der Waals surface area contributed by atoms with E-state index in [0.717, 1.165) is 5.75 Å². The fraction of sp³-hybridized carbons (Fsp3) is 0.250. The standard InChI is InChI=1S/C8H9O.BrH.Mg/c1-7-4-3-5-8(6-7)9-2;;/h3-5H,1-2H3;1H;/q;;+1/p-1. The van der Waals surface area contributed by atoms with E-state index in [9.17, 15) is 0 Å². The lowest BCUT2D eigenvalue weighted by molar-refractivity contribution is 0.418. The van der Waals surface area contributed by atoms with Crippen molar-refractivity contribution in [1.29, 1.82) is 0 Å². The lowest BCUT2D eigenvalue weighted by Crippen LogP contribution is -2.15. The maximum absolute atomic E-state index is 5.22. The number of halogens is 1. The Morgan fingerprint density at radius 2 is 2.18 bits per heavy atom. The summed E-state index contributed by atoms with van der Waals surface area (Å²) in [5, 5.41) is 0. The highest BCUT2D eigenvalue weighted by molar-refractivity contribution is 9.23. The average Bonchev–Trinajstić information content (AvgIpc) is 2.04. The van der Waals surface area contributed by atoms with Crippen molar-refractivity contribution in [1.82, 2.24) is 0 Å². The first-order chi connectivity index (χ1) is 5.29. The minimum Gasteiger partial charge on any atom is -0.499 e. The maximum atomic E-state index is 5.22. The molecular weight excluding hydrogens is 216 g/mol. The topological polar surface area (TPSA) is 9.23 Å². The van der Waals surface area contributed by atoms with Crippen LogP contribution in [0.3, 0.4) is 0 Å². The summed E-state index contributed by atoms with van der Waals surface area (Å²) in [7, 11) is 1.72. The third-order valence-corrected chi connectivity index (χ3v) is 4.58. The lowest BCUT2D eigenvalue weighted by atomic mass is 10.2. The van der Waals surface area contributed by atoms with Crippen LogP contribution in [-0.2, 0) is 0 Å². The van der Waals surface area contributed by atoms with E-state index in [2.05, 4.69) is 25.9 Å². The Hall–Kier alpha value is 0.266. The van der Waals surface area contributed by atoms with Crippen LogP contribution in [0.15, 0.2) is 18.2 Å². The molecule has 56 valence electrons. The molecule has 0 N–H and O–H groups in total. The van der Waals surface area contributed by atoms with Crippen molar-refractivity contribution in [2.75, 3.05) is 7.11 Å². The quantitative estimate of drug-likeness (QED) is 0.695. The minimum atomic E-state index is -0.290. The Morgan fingerprint density at radius 1 is 1.45 bits per heavy atom. The third kappa shape index (κ3) is 2.10. The van der Waals surface area contributed by atoms with Gasteiger partial charge in [-0.1, -0.05) is 17.7 Å². The molecule has 0 atom stereocenters. The Bertz CT molecular complexity index is 250. The van der Waals surface area contributed by atoms with Crippen LogP contribution in [0.5, 0.6) is 5.75 Å². The highest BCUT2D eigenvalue weighted by Crippen LogP contribution is 2.09. The molecule has 0 amide bonds. The molecule has 0 saturated heterocycles. The molecule has 0 unspecified atom stereocenters. The molecule has 0 bridgehead atoms. The van der Waals surface area contributed by atoms with Gasteiger partial charge in [-0.3, -0.25) is 12.9 Å². The van der Waals surface area contributed by atoms with Crippen molar-refractivity contribution in [3.05, 3.63) is 23.8 Å². The Kier molecular flexibility index (Phi) is 3.68. The van der Waals surface area contributed by atoms with Gasteiger partial charge in [0, 0.05) is 0 Å². The van der Waals surface area contributed by atoms with Crippen molar-refractivity contribution in [3.63, 3.8) is 0 Å². The molecule has 1 aromatic rings. The molecule has 0 fully saturated rings. The second kappa shape index (κ2) is 4.33. The molecule has 0 aromatic heterocycles. The van der Waals surface area contributed by atoms with Crippen molar-refractivity contribution in [2.45, 2.75) is 6.92 Å². The van der Waals surface area contributed by atoms with Gasteiger partial charge in [-0.25, -0.2) is 0 Å². The van der Waals surface area contributed by atoms with Gasteiger partial charge in [0.05, 0.1) is 12.9 Å². The molecule has 0 radical (unpaired) electrons. The average molecular weight is 225 g/mol. The molecule has 0 aliphatic carbocycles. The molecule has 0 spiro atoms. The predicted octanol–water partition coefficient (Wildman–Crippen LogP) is 1.64.